The van der Waals surface area contributed by atoms with Crippen molar-refractivity contribution in [1.29, 1.82) is 0 Å². The number of hydrogen-bond donors (Lipinski definition) is 0. The Morgan fingerprint density at radius 1 is 0.655 bits per heavy atom. The highest BCUT2D eigenvalue weighted by Crippen LogP contribution is 2.32. The van der Waals surface area contributed by atoms with Gasteiger partial charge in [-0.3, -0.25) is 4.40 Å². The van der Waals surface area contributed by atoms with E-state index in [2.05, 4.69) is 65.6 Å². The minimum absolute atomic E-state index is 0.869. The van der Waals surface area contributed by atoms with E-state index in [9.17, 15) is 0 Å². The molecule has 0 spiro atoms. The molecule has 0 N–H and O–H groups in total. The largest absolute Gasteiger partial charge is 0.283 e. The Morgan fingerprint density at radius 2 is 1.24 bits per heavy atom. The monoisotopic (exact) mass is 373 g/mol. The van der Waals surface area contributed by atoms with Crippen molar-refractivity contribution < 1.29 is 0 Å². The minimum atomic E-state index is 0.869. The smallest absolute Gasteiger partial charge is 0.146 e. The highest BCUT2D eigenvalue weighted by molar-refractivity contribution is 6.14. The normalized spacial score (nSPS) is 10.8. The lowest BCUT2D eigenvalue weighted by Gasteiger charge is -2.13. The SMILES string of the molecule is c1ccc(C(=Nc2c(-c3ccccc3)ccc3cncn23)c2ccccc2)cc1. The predicted molar refractivity (Wildman–Crippen MR) is 119 cm³/mol. The molecule has 0 aliphatic carbocycles. The second-order valence-corrected chi connectivity index (χ2v) is 6.82. The van der Waals surface area contributed by atoms with Gasteiger partial charge in [0, 0.05) is 16.7 Å². The molecule has 0 amide bonds. The zero-order valence-corrected chi connectivity index (χ0v) is 15.8. The van der Waals surface area contributed by atoms with E-state index in [1.165, 1.54) is 0 Å². The first-order valence-electron chi connectivity index (χ1n) is 9.60. The van der Waals surface area contributed by atoms with Gasteiger partial charge >= 0.3 is 0 Å². The van der Waals surface area contributed by atoms with Crippen molar-refractivity contribution in [3.63, 3.8) is 0 Å². The van der Waals surface area contributed by atoms with Crippen molar-refractivity contribution >= 4 is 17.0 Å². The van der Waals surface area contributed by atoms with E-state index in [4.69, 9.17) is 4.99 Å². The minimum Gasteiger partial charge on any atom is -0.283 e. The van der Waals surface area contributed by atoms with Crippen LogP contribution in [0.25, 0.3) is 16.6 Å². The Balaban J connectivity index is 1.81. The Bertz CT molecular complexity index is 1230. The molecule has 2 aromatic heterocycles. The maximum absolute atomic E-state index is 5.22. The van der Waals surface area contributed by atoms with Crippen LogP contribution in [0.1, 0.15) is 11.1 Å². The van der Waals surface area contributed by atoms with Crippen LogP contribution in [0.5, 0.6) is 0 Å². The molecular weight excluding hydrogens is 354 g/mol. The van der Waals surface area contributed by atoms with Crippen molar-refractivity contribution in [2.45, 2.75) is 0 Å². The van der Waals surface area contributed by atoms with E-state index in [0.717, 1.165) is 39.3 Å². The topological polar surface area (TPSA) is 29.7 Å². The van der Waals surface area contributed by atoms with Gasteiger partial charge in [0.15, 0.2) is 0 Å². The molecule has 0 bridgehead atoms. The molecule has 0 fully saturated rings. The van der Waals surface area contributed by atoms with E-state index in [1.54, 1.807) is 0 Å². The van der Waals surface area contributed by atoms with Crippen LogP contribution in [0.15, 0.2) is 121 Å². The molecule has 0 unspecified atom stereocenters. The third kappa shape index (κ3) is 3.34. The van der Waals surface area contributed by atoms with Crippen LogP contribution < -0.4 is 0 Å². The van der Waals surface area contributed by atoms with Crippen LogP contribution in [0.4, 0.5) is 5.82 Å². The van der Waals surface area contributed by atoms with Crippen LogP contribution in [-0.4, -0.2) is 15.1 Å². The number of hydrogen-bond acceptors (Lipinski definition) is 2. The summed E-state index contributed by atoms with van der Waals surface area (Å²) in [5, 5.41) is 0. The molecule has 5 aromatic rings. The first kappa shape index (κ1) is 17.1. The molecule has 3 aromatic carbocycles. The Kier molecular flexibility index (Phi) is 4.47. The second kappa shape index (κ2) is 7.56. The van der Waals surface area contributed by atoms with Gasteiger partial charge in [-0.15, -0.1) is 0 Å². The van der Waals surface area contributed by atoms with Crippen molar-refractivity contribution in [2.24, 2.45) is 4.99 Å². The molecule has 29 heavy (non-hydrogen) atoms. The predicted octanol–water partition coefficient (Wildman–Crippen LogP) is 6.17. The standard InChI is InChI=1S/C26H19N3/c1-4-10-20(11-5-1)24-17-16-23-18-27-19-29(23)26(24)28-25(21-12-6-2-7-13-21)22-14-8-3-9-15-22/h1-19H. The lowest BCUT2D eigenvalue weighted by molar-refractivity contribution is 1.13. The molecule has 0 aliphatic heterocycles. The van der Waals surface area contributed by atoms with Crippen molar-refractivity contribution in [3.8, 4) is 11.1 Å². The quantitative estimate of drug-likeness (QED) is 0.346. The summed E-state index contributed by atoms with van der Waals surface area (Å²) in [5.41, 5.74) is 6.31. The molecule has 138 valence electrons. The van der Waals surface area contributed by atoms with Crippen molar-refractivity contribution in [1.82, 2.24) is 9.38 Å². The lowest BCUT2D eigenvalue weighted by Crippen LogP contribution is -2.04. The highest BCUT2D eigenvalue weighted by atomic mass is 15.1. The van der Waals surface area contributed by atoms with Gasteiger partial charge in [0.25, 0.3) is 0 Å². The maximum atomic E-state index is 5.22. The number of benzene rings is 3. The molecule has 3 heteroatoms. The molecule has 0 aliphatic rings. The molecule has 0 radical (unpaired) electrons. The first-order valence-corrected chi connectivity index (χ1v) is 9.60. The fraction of sp³-hybridized carbons (Fsp3) is 0. The maximum Gasteiger partial charge on any atom is 0.146 e. The highest BCUT2D eigenvalue weighted by Gasteiger charge is 2.13. The average Bonchev–Trinajstić information content (AvgIpc) is 3.28. The molecule has 5 rings (SSSR count). The van der Waals surface area contributed by atoms with Crippen molar-refractivity contribution in [2.75, 3.05) is 0 Å². The number of aromatic nitrogens is 2. The molecule has 2 heterocycles. The van der Waals surface area contributed by atoms with E-state index in [1.807, 2.05) is 59.4 Å². The third-order valence-corrected chi connectivity index (χ3v) is 4.95. The summed E-state index contributed by atoms with van der Waals surface area (Å²) >= 11 is 0. The van der Waals surface area contributed by atoms with Gasteiger partial charge in [0.05, 0.1) is 17.4 Å². The van der Waals surface area contributed by atoms with E-state index in [-0.39, 0.29) is 0 Å². The van der Waals surface area contributed by atoms with E-state index in [0.29, 0.717) is 0 Å². The van der Waals surface area contributed by atoms with Gasteiger partial charge in [-0.1, -0.05) is 91.0 Å². The number of imidazole rings is 1. The molecule has 0 atom stereocenters. The van der Waals surface area contributed by atoms with E-state index >= 15 is 0 Å². The summed E-state index contributed by atoms with van der Waals surface area (Å²) in [7, 11) is 0. The lowest BCUT2D eigenvalue weighted by atomic mass is 10.0. The second-order valence-electron chi connectivity index (χ2n) is 6.82. The fourth-order valence-corrected chi connectivity index (χ4v) is 3.53. The van der Waals surface area contributed by atoms with E-state index < -0.39 is 0 Å². The summed E-state index contributed by atoms with van der Waals surface area (Å²) in [4.78, 5) is 9.56. The van der Waals surface area contributed by atoms with Gasteiger partial charge in [0.1, 0.15) is 12.1 Å². The van der Waals surface area contributed by atoms with Crippen LogP contribution in [0.3, 0.4) is 0 Å². The number of fused-ring (bicyclic) bond motifs is 1. The summed E-state index contributed by atoms with van der Waals surface area (Å²) in [6, 6.07) is 35.2. The third-order valence-electron chi connectivity index (χ3n) is 4.95. The Labute approximate surface area is 169 Å². The summed E-state index contributed by atoms with van der Waals surface area (Å²) < 4.78 is 2.05. The summed E-state index contributed by atoms with van der Waals surface area (Å²) in [6.07, 6.45) is 3.69. The average molecular weight is 373 g/mol. The number of nitrogens with zero attached hydrogens (tertiary/aromatic N) is 3. The summed E-state index contributed by atoms with van der Waals surface area (Å²) in [5.74, 6) is 0.869. The number of rotatable bonds is 4. The van der Waals surface area contributed by atoms with Crippen LogP contribution in [0, 0.1) is 0 Å². The van der Waals surface area contributed by atoms with Crippen LogP contribution in [0.2, 0.25) is 0 Å². The van der Waals surface area contributed by atoms with Crippen LogP contribution in [-0.2, 0) is 0 Å². The summed E-state index contributed by atoms with van der Waals surface area (Å²) in [6.45, 7) is 0. The number of pyridine rings is 1. The molecule has 0 saturated carbocycles. The number of aliphatic imine (C=N–C) groups is 1. The van der Waals surface area contributed by atoms with Gasteiger partial charge in [-0.25, -0.2) is 9.98 Å². The zero-order chi connectivity index (χ0) is 19.5. The first-order chi connectivity index (χ1) is 14.4. The zero-order valence-electron chi connectivity index (χ0n) is 15.8. The molecular formula is C26H19N3. The Hall–Kier alpha value is -3.98. The van der Waals surface area contributed by atoms with Crippen LogP contribution >= 0.6 is 0 Å². The molecule has 0 saturated heterocycles. The van der Waals surface area contributed by atoms with Gasteiger partial charge in [-0.05, 0) is 17.7 Å². The fourth-order valence-electron chi connectivity index (χ4n) is 3.53. The Morgan fingerprint density at radius 3 is 1.86 bits per heavy atom. The molecule has 3 nitrogen and oxygen atoms in total. The van der Waals surface area contributed by atoms with Crippen molar-refractivity contribution in [3.05, 3.63) is 127 Å². The van der Waals surface area contributed by atoms with Gasteiger partial charge in [-0.2, -0.15) is 0 Å². The van der Waals surface area contributed by atoms with Gasteiger partial charge < -0.3 is 0 Å². The van der Waals surface area contributed by atoms with Gasteiger partial charge in [0.2, 0.25) is 0 Å².